The van der Waals surface area contributed by atoms with Crippen molar-refractivity contribution in [3.05, 3.63) is 47.8 Å². The van der Waals surface area contributed by atoms with Gasteiger partial charge in [0.25, 0.3) is 0 Å². The number of halogens is 1. The predicted octanol–water partition coefficient (Wildman–Crippen LogP) is 2.21. The molecular weight excluding hydrogens is 221 g/mol. The zero-order chi connectivity index (χ0) is 12.3. The van der Waals surface area contributed by atoms with Crippen LogP contribution in [0.2, 0.25) is 0 Å². The third kappa shape index (κ3) is 2.11. The van der Waals surface area contributed by atoms with Gasteiger partial charge >= 0.3 is 0 Å². The first-order valence-corrected chi connectivity index (χ1v) is 4.98. The van der Waals surface area contributed by atoms with E-state index in [1.54, 1.807) is 12.4 Å². The van der Waals surface area contributed by atoms with Gasteiger partial charge in [-0.15, -0.1) is 0 Å². The Labute approximate surface area is 97.7 Å². The van der Waals surface area contributed by atoms with E-state index in [0.717, 1.165) is 0 Å². The minimum absolute atomic E-state index is 0.410. The average Bonchev–Trinajstić information content (AvgIpc) is 2.84. The van der Waals surface area contributed by atoms with Crippen molar-refractivity contribution >= 4 is 0 Å². The standard InChI is InChI=1S/C12H10FN3O/c1-17-11-3-2-8(13)6-9(11)10(7-14)12-15-4-5-16-12/h2-6,10H,1H3,(H,15,16). The van der Waals surface area contributed by atoms with Crippen LogP contribution < -0.4 is 4.74 Å². The van der Waals surface area contributed by atoms with Crippen molar-refractivity contribution in [3.63, 3.8) is 0 Å². The predicted molar refractivity (Wildman–Crippen MR) is 59.0 cm³/mol. The molecule has 1 aromatic carbocycles. The van der Waals surface area contributed by atoms with E-state index in [-0.39, 0.29) is 0 Å². The van der Waals surface area contributed by atoms with Crippen molar-refractivity contribution in [1.29, 1.82) is 5.26 Å². The summed E-state index contributed by atoms with van der Waals surface area (Å²) >= 11 is 0. The fourth-order valence-corrected chi connectivity index (χ4v) is 1.64. The molecule has 0 radical (unpaired) electrons. The number of benzene rings is 1. The molecule has 0 fully saturated rings. The number of methoxy groups -OCH3 is 1. The number of aromatic amines is 1. The Hall–Kier alpha value is -2.35. The number of rotatable bonds is 3. The van der Waals surface area contributed by atoms with E-state index in [9.17, 15) is 9.65 Å². The molecule has 0 bridgehead atoms. The Bertz CT molecular complexity index is 545. The first kappa shape index (κ1) is 11.1. The van der Waals surface area contributed by atoms with Gasteiger partial charge in [-0.1, -0.05) is 0 Å². The van der Waals surface area contributed by atoms with Gasteiger partial charge in [0.05, 0.1) is 13.2 Å². The summed E-state index contributed by atoms with van der Waals surface area (Å²) in [5, 5.41) is 9.17. The minimum Gasteiger partial charge on any atom is -0.496 e. The highest BCUT2D eigenvalue weighted by atomic mass is 19.1. The number of nitrogens with one attached hydrogen (secondary N) is 1. The second-order valence-corrected chi connectivity index (χ2v) is 3.42. The number of ether oxygens (including phenoxy) is 1. The molecule has 0 saturated carbocycles. The van der Waals surface area contributed by atoms with Crippen LogP contribution in [-0.4, -0.2) is 17.1 Å². The molecule has 4 nitrogen and oxygen atoms in total. The highest BCUT2D eigenvalue weighted by Gasteiger charge is 2.20. The number of nitrogens with zero attached hydrogens (tertiary/aromatic N) is 2. The quantitative estimate of drug-likeness (QED) is 0.880. The molecule has 0 amide bonds. The van der Waals surface area contributed by atoms with Crippen LogP contribution in [0.15, 0.2) is 30.6 Å². The van der Waals surface area contributed by atoms with E-state index in [0.29, 0.717) is 17.1 Å². The van der Waals surface area contributed by atoms with Crippen LogP contribution in [0.1, 0.15) is 17.3 Å². The molecule has 1 unspecified atom stereocenters. The molecule has 5 heteroatoms. The highest BCUT2D eigenvalue weighted by molar-refractivity contribution is 5.43. The zero-order valence-corrected chi connectivity index (χ0v) is 9.14. The number of aromatic nitrogens is 2. The van der Waals surface area contributed by atoms with Crippen molar-refractivity contribution in [2.75, 3.05) is 7.11 Å². The summed E-state index contributed by atoms with van der Waals surface area (Å²) < 4.78 is 18.3. The number of H-pyrrole nitrogens is 1. The van der Waals surface area contributed by atoms with Crippen molar-refractivity contribution < 1.29 is 9.13 Å². The zero-order valence-electron chi connectivity index (χ0n) is 9.14. The fraction of sp³-hybridized carbons (Fsp3) is 0.167. The van der Waals surface area contributed by atoms with E-state index < -0.39 is 11.7 Å². The maximum absolute atomic E-state index is 13.2. The second-order valence-electron chi connectivity index (χ2n) is 3.42. The van der Waals surface area contributed by atoms with Crippen molar-refractivity contribution in [2.24, 2.45) is 0 Å². The summed E-state index contributed by atoms with van der Waals surface area (Å²) in [6.45, 7) is 0. The van der Waals surface area contributed by atoms with E-state index in [1.807, 2.05) is 0 Å². The van der Waals surface area contributed by atoms with E-state index in [1.165, 1.54) is 25.3 Å². The molecule has 86 valence electrons. The van der Waals surface area contributed by atoms with E-state index in [2.05, 4.69) is 16.0 Å². The molecule has 0 aliphatic rings. The maximum atomic E-state index is 13.2. The van der Waals surface area contributed by atoms with Crippen LogP contribution in [0.3, 0.4) is 0 Å². The molecule has 1 aromatic heterocycles. The van der Waals surface area contributed by atoms with Gasteiger partial charge in [-0.2, -0.15) is 5.26 Å². The van der Waals surface area contributed by atoms with Gasteiger partial charge in [0.15, 0.2) is 0 Å². The topological polar surface area (TPSA) is 61.7 Å². The van der Waals surface area contributed by atoms with Gasteiger partial charge in [-0.3, -0.25) is 0 Å². The van der Waals surface area contributed by atoms with Crippen LogP contribution in [0.25, 0.3) is 0 Å². The molecule has 0 aliphatic carbocycles. The summed E-state index contributed by atoms with van der Waals surface area (Å²) in [4.78, 5) is 6.86. The SMILES string of the molecule is COc1ccc(F)cc1C(C#N)c1ncc[nH]1. The maximum Gasteiger partial charge on any atom is 0.133 e. The van der Waals surface area contributed by atoms with E-state index in [4.69, 9.17) is 4.74 Å². The van der Waals surface area contributed by atoms with Crippen molar-refractivity contribution in [1.82, 2.24) is 9.97 Å². The minimum atomic E-state index is -0.671. The number of imidazole rings is 1. The van der Waals surface area contributed by atoms with Gasteiger partial charge < -0.3 is 9.72 Å². The third-order valence-corrected chi connectivity index (χ3v) is 2.42. The Kier molecular flexibility index (Phi) is 3.06. The molecule has 1 N–H and O–H groups in total. The lowest BCUT2D eigenvalue weighted by molar-refractivity contribution is 0.407. The van der Waals surface area contributed by atoms with Crippen molar-refractivity contribution in [3.8, 4) is 11.8 Å². The summed E-state index contributed by atoms with van der Waals surface area (Å²) in [5.74, 6) is -0.144. The normalized spacial score (nSPS) is 11.8. The smallest absolute Gasteiger partial charge is 0.133 e. The highest BCUT2D eigenvalue weighted by Crippen LogP contribution is 2.30. The van der Waals surface area contributed by atoms with Gasteiger partial charge in [0, 0.05) is 18.0 Å². The first-order valence-electron chi connectivity index (χ1n) is 4.98. The molecule has 0 saturated heterocycles. The number of nitriles is 1. The molecule has 0 spiro atoms. The number of hydrogen-bond donors (Lipinski definition) is 1. The van der Waals surface area contributed by atoms with Crippen LogP contribution in [-0.2, 0) is 0 Å². The van der Waals surface area contributed by atoms with Crippen LogP contribution in [0.4, 0.5) is 4.39 Å². The Morgan fingerprint density at radius 2 is 2.35 bits per heavy atom. The lowest BCUT2D eigenvalue weighted by atomic mass is 9.99. The third-order valence-electron chi connectivity index (χ3n) is 2.42. The van der Waals surface area contributed by atoms with Gasteiger partial charge in [-0.05, 0) is 18.2 Å². The summed E-state index contributed by atoms with van der Waals surface area (Å²) in [6.07, 6.45) is 3.16. The monoisotopic (exact) mass is 231 g/mol. The molecule has 2 aromatic rings. The van der Waals surface area contributed by atoms with E-state index >= 15 is 0 Å². The lowest BCUT2D eigenvalue weighted by Crippen LogP contribution is -2.03. The van der Waals surface area contributed by atoms with Gasteiger partial charge in [-0.25, -0.2) is 9.37 Å². The fourth-order valence-electron chi connectivity index (χ4n) is 1.64. The molecule has 0 aliphatic heterocycles. The summed E-state index contributed by atoms with van der Waals surface area (Å²) in [6, 6.07) is 6.16. The Morgan fingerprint density at radius 3 is 2.94 bits per heavy atom. The second kappa shape index (κ2) is 4.66. The van der Waals surface area contributed by atoms with Gasteiger partial charge in [0.1, 0.15) is 23.3 Å². The van der Waals surface area contributed by atoms with Crippen LogP contribution in [0, 0.1) is 17.1 Å². The number of hydrogen-bond acceptors (Lipinski definition) is 3. The van der Waals surface area contributed by atoms with Crippen LogP contribution in [0.5, 0.6) is 5.75 Å². The lowest BCUT2D eigenvalue weighted by Gasteiger charge is -2.11. The summed E-state index contributed by atoms with van der Waals surface area (Å²) in [7, 11) is 1.48. The van der Waals surface area contributed by atoms with Crippen LogP contribution >= 0.6 is 0 Å². The average molecular weight is 231 g/mol. The molecule has 1 heterocycles. The summed E-state index contributed by atoms with van der Waals surface area (Å²) in [5.41, 5.74) is 0.463. The Balaban J connectivity index is 2.51. The van der Waals surface area contributed by atoms with Crippen molar-refractivity contribution in [2.45, 2.75) is 5.92 Å². The molecule has 2 rings (SSSR count). The molecule has 1 atom stereocenters. The largest absolute Gasteiger partial charge is 0.496 e. The molecular formula is C12H10FN3O. The first-order chi connectivity index (χ1) is 8.26. The Morgan fingerprint density at radius 1 is 1.53 bits per heavy atom. The molecule has 17 heavy (non-hydrogen) atoms. The van der Waals surface area contributed by atoms with Gasteiger partial charge in [0.2, 0.25) is 0 Å².